The lowest BCUT2D eigenvalue weighted by Crippen LogP contribution is -2.16. The van der Waals surface area contributed by atoms with Crippen molar-refractivity contribution >= 4 is 0 Å². The summed E-state index contributed by atoms with van der Waals surface area (Å²) < 4.78 is 0. The van der Waals surface area contributed by atoms with Crippen molar-refractivity contribution in [3.8, 4) is 12.3 Å². The van der Waals surface area contributed by atoms with Crippen molar-refractivity contribution < 1.29 is 0 Å². The molecule has 0 heterocycles. The summed E-state index contributed by atoms with van der Waals surface area (Å²) in [5.74, 6) is 2.55. The van der Waals surface area contributed by atoms with E-state index < -0.39 is 0 Å². The molecular formula is C9H15N. The first kappa shape index (κ1) is 9.26. The lowest BCUT2D eigenvalue weighted by molar-refractivity contribution is 0.658. The van der Waals surface area contributed by atoms with Gasteiger partial charge in [0, 0.05) is 6.04 Å². The molecule has 0 bridgehead atoms. The van der Waals surface area contributed by atoms with E-state index >= 15 is 0 Å². The van der Waals surface area contributed by atoms with E-state index in [1.165, 1.54) is 0 Å². The fraction of sp³-hybridized carbons (Fsp3) is 0.556. The smallest absolute Gasteiger partial charge is 0.00712 e. The summed E-state index contributed by atoms with van der Waals surface area (Å²) in [6.07, 6.45) is 9.05. The predicted molar refractivity (Wildman–Crippen MR) is 45.5 cm³/mol. The summed E-state index contributed by atoms with van der Waals surface area (Å²) >= 11 is 0. The molecular weight excluding hydrogens is 122 g/mol. The molecule has 0 fully saturated rings. The lowest BCUT2D eigenvalue weighted by Gasteiger charge is -2.02. The highest BCUT2D eigenvalue weighted by Crippen LogP contribution is 1.98. The second kappa shape index (κ2) is 5.08. The van der Waals surface area contributed by atoms with Gasteiger partial charge in [-0.15, -0.1) is 6.42 Å². The molecule has 0 saturated heterocycles. The van der Waals surface area contributed by atoms with Crippen molar-refractivity contribution in [3.63, 3.8) is 0 Å². The van der Waals surface area contributed by atoms with E-state index in [1.54, 1.807) is 0 Å². The average molecular weight is 137 g/mol. The Morgan fingerprint density at radius 2 is 2.40 bits per heavy atom. The van der Waals surface area contributed by atoms with Crippen molar-refractivity contribution in [2.45, 2.75) is 32.7 Å². The largest absolute Gasteiger partial charge is 0.327 e. The van der Waals surface area contributed by atoms with Crippen LogP contribution in [0.1, 0.15) is 26.7 Å². The predicted octanol–water partition coefficient (Wildman–Crippen LogP) is 1.69. The molecule has 0 aromatic rings. The van der Waals surface area contributed by atoms with Gasteiger partial charge in [-0.25, -0.2) is 0 Å². The second-order valence-corrected chi connectivity index (χ2v) is 2.44. The Morgan fingerprint density at radius 3 is 2.80 bits per heavy atom. The number of hydrogen-bond acceptors (Lipinski definition) is 1. The summed E-state index contributed by atoms with van der Waals surface area (Å²) in [6.45, 7) is 3.99. The van der Waals surface area contributed by atoms with Crippen LogP contribution in [-0.4, -0.2) is 6.04 Å². The van der Waals surface area contributed by atoms with Crippen LogP contribution in [-0.2, 0) is 0 Å². The second-order valence-electron chi connectivity index (χ2n) is 2.44. The molecule has 0 aliphatic heterocycles. The van der Waals surface area contributed by atoms with Crippen LogP contribution in [0, 0.1) is 12.3 Å². The van der Waals surface area contributed by atoms with E-state index in [9.17, 15) is 0 Å². The van der Waals surface area contributed by atoms with Gasteiger partial charge in [0.1, 0.15) is 0 Å². The molecule has 0 aromatic heterocycles. The Kier molecular flexibility index (Phi) is 4.70. The van der Waals surface area contributed by atoms with Gasteiger partial charge >= 0.3 is 0 Å². The first-order chi connectivity index (χ1) is 4.70. The molecule has 1 heteroatoms. The Bertz CT molecular complexity index is 151. The minimum absolute atomic E-state index is 0.267. The quantitative estimate of drug-likeness (QED) is 0.588. The van der Waals surface area contributed by atoms with Gasteiger partial charge in [-0.2, -0.15) is 0 Å². The van der Waals surface area contributed by atoms with Gasteiger partial charge in [0.25, 0.3) is 0 Å². The van der Waals surface area contributed by atoms with Gasteiger partial charge in [-0.1, -0.05) is 18.9 Å². The third-order valence-corrected chi connectivity index (χ3v) is 1.48. The normalized spacial score (nSPS) is 14.4. The third kappa shape index (κ3) is 4.17. The summed E-state index contributed by atoms with van der Waals surface area (Å²) in [4.78, 5) is 0. The Labute approximate surface area is 63.3 Å². The van der Waals surface area contributed by atoms with Crippen molar-refractivity contribution in [1.29, 1.82) is 0 Å². The summed E-state index contributed by atoms with van der Waals surface area (Å²) in [5.41, 5.74) is 6.64. The van der Waals surface area contributed by atoms with Crippen LogP contribution in [0.25, 0.3) is 0 Å². The topological polar surface area (TPSA) is 26.0 Å². The summed E-state index contributed by atoms with van der Waals surface area (Å²) in [6, 6.07) is 0.267. The molecule has 1 atom stereocenters. The first-order valence-corrected chi connectivity index (χ1v) is 3.59. The maximum atomic E-state index is 5.66. The van der Waals surface area contributed by atoms with Crippen LogP contribution in [0.4, 0.5) is 0 Å². The molecule has 2 N–H and O–H groups in total. The van der Waals surface area contributed by atoms with E-state index in [-0.39, 0.29) is 6.04 Å². The number of rotatable bonds is 3. The van der Waals surface area contributed by atoms with Crippen molar-refractivity contribution in [2.24, 2.45) is 5.73 Å². The zero-order valence-corrected chi connectivity index (χ0v) is 6.72. The summed E-state index contributed by atoms with van der Waals surface area (Å²) in [5, 5.41) is 0. The van der Waals surface area contributed by atoms with Crippen LogP contribution in [0.3, 0.4) is 0 Å². The highest BCUT2D eigenvalue weighted by molar-refractivity contribution is 5.22. The van der Waals surface area contributed by atoms with Crippen LogP contribution >= 0.6 is 0 Å². The maximum Gasteiger partial charge on any atom is 0.00712 e. The first-order valence-electron chi connectivity index (χ1n) is 3.59. The van der Waals surface area contributed by atoms with E-state index in [4.69, 9.17) is 12.2 Å². The molecule has 0 radical (unpaired) electrons. The Morgan fingerprint density at radius 1 is 1.80 bits per heavy atom. The molecule has 1 nitrogen and oxygen atoms in total. The van der Waals surface area contributed by atoms with Crippen molar-refractivity contribution in [2.75, 3.05) is 0 Å². The Balaban J connectivity index is 3.63. The SMILES string of the molecule is C#C/C(C)=C/CC(N)CC. The fourth-order valence-corrected chi connectivity index (χ4v) is 0.554. The van der Waals surface area contributed by atoms with E-state index in [1.807, 2.05) is 13.0 Å². The van der Waals surface area contributed by atoms with Crippen molar-refractivity contribution in [1.82, 2.24) is 0 Å². The highest BCUT2D eigenvalue weighted by Gasteiger charge is 1.93. The average Bonchev–Trinajstić information content (AvgIpc) is 1.99. The highest BCUT2D eigenvalue weighted by atomic mass is 14.6. The van der Waals surface area contributed by atoms with Gasteiger partial charge in [0.05, 0.1) is 0 Å². The number of hydrogen-bond donors (Lipinski definition) is 1. The summed E-state index contributed by atoms with van der Waals surface area (Å²) in [7, 11) is 0. The molecule has 0 spiro atoms. The molecule has 0 amide bonds. The molecule has 0 rings (SSSR count). The zero-order chi connectivity index (χ0) is 7.98. The van der Waals surface area contributed by atoms with Gasteiger partial charge in [0.2, 0.25) is 0 Å². The van der Waals surface area contributed by atoms with Gasteiger partial charge < -0.3 is 5.73 Å². The molecule has 0 saturated carbocycles. The van der Waals surface area contributed by atoms with Crippen LogP contribution < -0.4 is 5.73 Å². The molecule has 10 heavy (non-hydrogen) atoms. The molecule has 0 aliphatic carbocycles. The molecule has 1 unspecified atom stereocenters. The van der Waals surface area contributed by atoms with Gasteiger partial charge in [0.15, 0.2) is 0 Å². The third-order valence-electron chi connectivity index (χ3n) is 1.48. The number of nitrogens with two attached hydrogens (primary N) is 1. The van der Waals surface area contributed by atoms with Gasteiger partial charge in [-0.3, -0.25) is 0 Å². The zero-order valence-electron chi connectivity index (χ0n) is 6.72. The molecule has 56 valence electrons. The van der Waals surface area contributed by atoms with E-state index in [0.29, 0.717) is 0 Å². The van der Waals surface area contributed by atoms with Crippen LogP contribution in [0.2, 0.25) is 0 Å². The number of allylic oxidation sites excluding steroid dienone is 1. The fourth-order valence-electron chi connectivity index (χ4n) is 0.554. The monoisotopic (exact) mass is 137 g/mol. The standard InChI is InChI=1S/C9H15N/c1-4-8(3)6-7-9(10)5-2/h1,6,9H,5,7,10H2,2-3H3/b8-6+. The van der Waals surface area contributed by atoms with Gasteiger partial charge in [-0.05, 0) is 25.3 Å². The molecule has 0 aliphatic rings. The van der Waals surface area contributed by atoms with E-state index in [2.05, 4.69) is 12.8 Å². The minimum atomic E-state index is 0.267. The van der Waals surface area contributed by atoms with E-state index in [0.717, 1.165) is 18.4 Å². The lowest BCUT2D eigenvalue weighted by atomic mass is 10.1. The Hall–Kier alpha value is -0.740. The van der Waals surface area contributed by atoms with Crippen LogP contribution in [0.5, 0.6) is 0 Å². The van der Waals surface area contributed by atoms with Crippen molar-refractivity contribution in [3.05, 3.63) is 11.6 Å². The molecule has 0 aromatic carbocycles. The number of terminal acetylenes is 1. The minimum Gasteiger partial charge on any atom is -0.327 e. The maximum absolute atomic E-state index is 5.66. The van der Waals surface area contributed by atoms with Crippen LogP contribution in [0.15, 0.2) is 11.6 Å².